The summed E-state index contributed by atoms with van der Waals surface area (Å²) >= 11 is 1.58. The van der Waals surface area contributed by atoms with Gasteiger partial charge in [-0.2, -0.15) is 0 Å². The molecule has 2 aromatic carbocycles. The standard InChI is InChI=1S/C14H12N4S/c15-10-4-1-8(2-5-10)14-18-11-6-3-9(13(16)17)7-12(11)19-14/h1-7H,15H2,(H3,16,17). The first-order valence-corrected chi connectivity index (χ1v) is 6.56. The van der Waals surface area contributed by atoms with Gasteiger partial charge in [-0.25, -0.2) is 4.98 Å². The Morgan fingerprint density at radius 1 is 1.11 bits per heavy atom. The summed E-state index contributed by atoms with van der Waals surface area (Å²) in [6, 6.07) is 13.2. The molecule has 0 aliphatic carbocycles. The maximum absolute atomic E-state index is 7.45. The van der Waals surface area contributed by atoms with Gasteiger partial charge >= 0.3 is 0 Å². The summed E-state index contributed by atoms with van der Waals surface area (Å²) in [5, 5.41) is 8.39. The molecule has 0 saturated heterocycles. The van der Waals surface area contributed by atoms with Crippen molar-refractivity contribution in [1.82, 2.24) is 4.98 Å². The van der Waals surface area contributed by atoms with E-state index in [2.05, 4.69) is 4.98 Å². The molecule has 0 unspecified atom stereocenters. The Hall–Kier alpha value is -2.40. The van der Waals surface area contributed by atoms with Gasteiger partial charge < -0.3 is 11.5 Å². The Morgan fingerprint density at radius 2 is 1.84 bits per heavy atom. The van der Waals surface area contributed by atoms with E-state index >= 15 is 0 Å². The summed E-state index contributed by atoms with van der Waals surface area (Å²) in [5.74, 6) is 0.0735. The first-order chi connectivity index (χ1) is 9.13. The monoisotopic (exact) mass is 268 g/mol. The first kappa shape index (κ1) is 11.7. The van der Waals surface area contributed by atoms with Crippen LogP contribution in [0.15, 0.2) is 42.5 Å². The van der Waals surface area contributed by atoms with Crippen molar-refractivity contribution >= 4 is 33.1 Å². The molecule has 1 heterocycles. The van der Waals surface area contributed by atoms with E-state index in [1.807, 2.05) is 42.5 Å². The average molecular weight is 268 g/mol. The molecule has 0 aliphatic rings. The van der Waals surface area contributed by atoms with Crippen LogP contribution in [0.3, 0.4) is 0 Å². The van der Waals surface area contributed by atoms with E-state index in [1.54, 1.807) is 11.3 Å². The number of aromatic nitrogens is 1. The fourth-order valence-electron chi connectivity index (χ4n) is 1.84. The van der Waals surface area contributed by atoms with Crippen LogP contribution in [0, 0.1) is 5.41 Å². The third kappa shape index (κ3) is 2.15. The largest absolute Gasteiger partial charge is 0.399 e. The highest BCUT2D eigenvalue weighted by Crippen LogP contribution is 2.30. The second-order valence-electron chi connectivity index (χ2n) is 4.24. The van der Waals surface area contributed by atoms with Crippen LogP contribution >= 0.6 is 11.3 Å². The van der Waals surface area contributed by atoms with Crippen LogP contribution in [-0.4, -0.2) is 10.8 Å². The lowest BCUT2D eigenvalue weighted by Gasteiger charge is -1.95. The second-order valence-corrected chi connectivity index (χ2v) is 5.27. The number of rotatable bonds is 2. The normalized spacial score (nSPS) is 10.7. The molecule has 0 atom stereocenters. The van der Waals surface area contributed by atoms with Gasteiger partial charge in [-0.3, -0.25) is 5.41 Å². The van der Waals surface area contributed by atoms with E-state index in [4.69, 9.17) is 16.9 Å². The number of nitrogen functional groups attached to an aromatic ring is 2. The number of hydrogen-bond acceptors (Lipinski definition) is 4. The lowest BCUT2D eigenvalue weighted by atomic mass is 10.2. The minimum Gasteiger partial charge on any atom is -0.399 e. The van der Waals surface area contributed by atoms with Crippen LogP contribution in [-0.2, 0) is 0 Å². The Balaban J connectivity index is 2.11. The Kier molecular flexibility index (Phi) is 2.68. The Bertz CT molecular complexity index is 759. The highest BCUT2D eigenvalue weighted by Gasteiger charge is 2.07. The van der Waals surface area contributed by atoms with Crippen molar-refractivity contribution in [2.24, 2.45) is 5.73 Å². The zero-order valence-corrected chi connectivity index (χ0v) is 10.9. The fourth-order valence-corrected chi connectivity index (χ4v) is 2.85. The van der Waals surface area contributed by atoms with Crippen molar-refractivity contribution < 1.29 is 0 Å². The van der Waals surface area contributed by atoms with Crippen LogP contribution < -0.4 is 11.5 Å². The van der Waals surface area contributed by atoms with E-state index < -0.39 is 0 Å². The molecule has 19 heavy (non-hydrogen) atoms. The molecule has 3 rings (SSSR count). The van der Waals surface area contributed by atoms with Gasteiger partial charge in [-0.15, -0.1) is 11.3 Å². The van der Waals surface area contributed by atoms with Gasteiger partial charge in [0.1, 0.15) is 10.8 Å². The molecule has 5 heteroatoms. The molecule has 94 valence electrons. The molecule has 0 aliphatic heterocycles. The van der Waals surface area contributed by atoms with E-state index in [0.717, 1.165) is 32.0 Å². The molecule has 3 aromatic rings. The number of benzene rings is 2. The molecule has 5 N–H and O–H groups in total. The van der Waals surface area contributed by atoms with Crippen LogP contribution in [0.4, 0.5) is 5.69 Å². The van der Waals surface area contributed by atoms with Gasteiger partial charge in [-0.05, 0) is 42.5 Å². The fraction of sp³-hybridized carbons (Fsp3) is 0. The maximum Gasteiger partial charge on any atom is 0.124 e. The smallest absolute Gasteiger partial charge is 0.124 e. The number of fused-ring (bicyclic) bond motifs is 1. The van der Waals surface area contributed by atoms with E-state index in [9.17, 15) is 0 Å². The van der Waals surface area contributed by atoms with Crippen molar-refractivity contribution in [2.45, 2.75) is 0 Å². The number of nitrogens with one attached hydrogen (secondary N) is 1. The molecule has 0 saturated carbocycles. The number of anilines is 1. The molecular formula is C14H12N4S. The lowest BCUT2D eigenvalue weighted by Crippen LogP contribution is -2.10. The maximum atomic E-state index is 7.45. The highest BCUT2D eigenvalue weighted by atomic mass is 32.1. The summed E-state index contributed by atoms with van der Waals surface area (Å²) in [5.41, 5.74) is 14.6. The minimum absolute atomic E-state index is 0.0735. The summed E-state index contributed by atoms with van der Waals surface area (Å²) in [4.78, 5) is 4.58. The predicted octanol–water partition coefficient (Wildman–Crippen LogP) is 2.83. The van der Waals surface area contributed by atoms with Crippen molar-refractivity contribution in [1.29, 1.82) is 5.41 Å². The molecule has 1 aromatic heterocycles. The quantitative estimate of drug-likeness (QED) is 0.379. The zero-order chi connectivity index (χ0) is 13.4. The molecule has 4 nitrogen and oxygen atoms in total. The van der Waals surface area contributed by atoms with Crippen LogP contribution in [0.25, 0.3) is 20.8 Å². The molecule has 0 spiro atoms. The van der Waals surface area contributed by atoms with E-state index in [-0.39, 0.29) is 5.84 Å². The number of hydrogen-bond donors (Lipinski definition) is 3. The van der Waals surface area contributed by atoms with E-state index in [1.165, 1.54) is 0 Å². The summed E-state index contributed by atoms with van der Waals surface area (Å²) < 4.78 is 1.03. The number of nitrogens with zero attached hydrogens (tertiary/aromatic N) is 1. The summed E-state index contributed by atoms with van der Waals surface area (Å²) in [6.07, 6.45) is 0. The van der Waals surface area contributed by atoms with Crippen molar-refractivity contribution in [3.05, 3.63) is 48.0 Å². The first-order valence-electron chi connectivity index (χ1n) is 5.74. The average Bonchev–Trinajstić information content (AvgIpc) is 2.82. The van der Waals surface area contributed by atoms with Crippen molar-refractivity contribution in [2.75, 3.05) is 5.73 Å². The van der Waals surface area contributed by atoms with Crippen molar-refractivity contribution in [3.63, 3.8) is 0 Å². The minimum atomic E-state index is 0.0735. The van der Waals surface area contributed by atoms with Gasteiger partial charge in [0.2, 0.25) is 0 Å². The van der Waals surface area contributed by atoms with Gasteiger partial charge in [0.15, 0.2) is 0 Å². The highest BCUT2D eigenvalue weighted by molar-refractivity contribution is 7.21. The summed E-state index contributed by atoms with van der Waals surface area (Å²) in [7, 11) is 0. The van der Waals surface area contributed by atoms with Crippen LogP contribution in [0.2, 0.25) is 0 Å². The second kappa shape index (κ2) is 4.37. The zero-order valence-electron chi connectivity index (χ0n) is 10.1. The number of amidine groups is 1. The van der Waals surface area contributed by atoms with Gasteiger partial charge in [0.25, 0.3) is 0 Å². The molecular weight excluding hydrogens is 256 g/mol. The van der Waals surface area contributed by atoms with Gasteiger partial charge in [-0.1, -0.05) is 0 Å². The third-order valence-corrected chi connectivity index (χ3v) is 3.92. The Labute approximate surface area is 114 Å². The van der Waals surface area contributed by atoms with Crippen LogP contribution in [0.1, 0.15) is 5.56 Å². The van der Waals surface area contributed by atoms with Crippen LogP contribution in [0.5, 0.6) is 0 Å². The SMILES string of the molecule is N=C(N)c1ccc2nc(-c3ccc(N)cc3)sc2c1. The molecule has 0 fully saturated rings. The van der Waals surface area contributed by atoms with Crippen molar-refractivity contribution in [3.8, 4) is 10.6 Å². The Morgan fingerprint density at radius 3 is 2.53 bits per heavy atom. The molecule has 0 radical (unpaired) electrons. The third-order valence-electron chi connectivity index (χ3n) is 2.86. The van der Waals surface area contributed by atoms with Gasteiger partial charge in [0.05, 0.1) is 10.2 Å². The van der Waals surface area contributed by atoms with E-state index in [0.29, 0.717) is 0 Å². The topological polar surface area (TPSA) is 88.8 Å². The number of thiazole rings is 1. The summed E-state index contributed by atoms with van der Waals surface area (Å²) in [6.45, 7) is 0. The van der Waals surface area contributed by atoms with Gasteiger partial charge in [0, 0.05) is 16.8 Å². The molecule has 0 amide bonds. The lowest BCUT2D eigenvalue weighted by molar-refractivity contribution is 1.43. The number of nitrogens with two attached hydrogens (primary N) is 2. The predicted molar refractivity (Wildman–Crippen MR) is 80.5 cm³/mol. The molecule has 0 bridgehead atoms.